The van der Waals surface area contributed by atoms with Gasteiger partial charge in [0.15, 0.2) is 0 Å². The van der Waals surface area contributed by atoms with Gasteiger partial charge in [0.1, 0.15) is 0 Å². The highest BCUT2D eigenvalue weighted by molar-refractivity contribution is 5.90. The third-order valence-electron chi connectivity index (χ3n) is 3.98. The number of hydrogen-bond acceptors (Lipinski definition) is 2. The van der Waals surface area contributed by atoms with Crippen molar-refractivity contribution >= 4 is 22.9 Å². The summed E-state index contributed by atoms with van der Waals surface area (Å²) in [5.41, 5.74) is 3.35. The Bertz CT molecular complexity index is 850. The van der Waals surface area contributed by atoms with Gasteiger partial charge in [-0.3, -0.25) is 9.78 Å². The molecular formula is C20H20N2O2. The Hall–Kier alpha value is -2.88. The number of rotatable bonds is 7. The van der Waals surface area contributed by atoms with E-state index in [1.54, 1.807) is 6.20 Å². The molecule has 0 atom stereocenters. The first-order chi connectivity index (χ1) is 11.8. The number of pyridine rings is 1. The lowest BCUT2D eigenvalue weighted by Crippen LogP contribution is -1.92. The second-order valence-corrected chi connectivity index (χ2v) is 5.72. The van der Waals surface area contributed by atoms with Gasteiger partial charge in [0.25, 0.3) is 0 Å². The highest BCUT2D eigenvalue weighted by Gasteiger charge is 2.07. The highest BCUT2D eigenvalue weighted by Crippen LogP contribution is 2.25. The van der Waals surface area contributed by atoms with Crippen molar-refractivity contribution in [3.63, 3.8) is 0 Å². The minimum atomic E-state index is -0.724. The fourth-order valence-corrected chi connectivity index (χ4v) is 2.80. The predicted molar refractivity (Wildman–Crippen MR) is 96.2 cm³/mol. The van der Waals surface area contributed by atoms with Gasteiger partial charge in [-0.05, 0) is 37.5 Å². The first kappa shape index (κ1) is 16.0. The van der Waals surface area contributed by atoms with E-state index in [0.717, 1.165) is 36.0 Å². The van der Waals surface area contributed by atoms with E-state index in [-0.39, 0.29) is 6.42 Å². The Balaban J connectivity index is 1.80. The van der Waals surface area contributed by atoms with Crippen LogP contribution in [0.15, 0.2) is 61.1 Å². The summed E-state index contributed by atoms with van der Waals surface area (Å²) in [7, 11) is 0. The van der Waals surface area contributed by atoms with Crippen LogP contribution in [0.5, 0.6) is 0 Å². The van der Waals surface area contributed by atoms with Gasteiger partial charge in [0.05, 0.1) is 17.4 Å². The van der Waals surface area contributed by atoms with Crippen LogP contribution in [0.2, 0.25) is 0 Å². The summed E-state index contributed by atoms with van der Waals surface area (Å²) in [4.78, 5) is 14.7. The van der Waals surface area contributed by atoms with Crippen molar-refractivity contribution in [1.29, 1.82) is 0 Å². The number of hydrogen-bond donors (Lipinski definition) is 1. The molecule has 2 aromatic heterocycles. The zero-order chi connectivity index (χ0) is 16.8. The smallest absolute Gasteiger partial charge is 0.303 e. The molecule has 0 unspecified atom stereocenters. The van der Waals surface area contributed by atoms with Gasteiger partial charge in [-0.15, -0.1) is 0 Å². The van der Waals surface area contributed by atoms with Gasteiger partial charge in [0, 0.05) is 29.8 Å². The van der Waals surface area contributed by atoms with Crippen LogP contribution in [0.4, 0.5) is 0 Å². The van der Waals surface area contributed by atoms with Crippen molar-refractivity contribution in [2.45, 2.75) is 25.7 Å². The van der Waals surface area contributed by atoms with Crippen molar-refractivity contribution in [3.8, 4) is 5.69 Å². The van der Waals surface area contributed by atoms with Crippen LogP contribution in [-0.4, -0.2) is 20.6 Å². The molecule has 1 aromatic carbocycles. The molecule has 0 aliphatic heterocycles. The van der Waals surface area contributed by atoms with E-state index in [1.165, 1.54) is 5.39 Å². The summed E-state index contributed by atoms with van der Waals surface area (Å²) in [5, 5.41) is 9.85. The maximum atomic E-state index is 10.5. The number of nitrogens with zero attached hydrogens (tertiary/aromatic N) is 2. The molecule has 4 heteroatoms. The van der Waals surface area contributed by atoms with Gasteiger partial charge < -0.3 is 9.67 Å². The molecule has 0 saturated heterocycles. The minimum absolute atomic E-state index is 0.244. The van der Waals surface area contributed by atoms with E-state index in [2.05, 4.69) is 40.0 Å². The molecule has 3 rings (SSSR count). The van der Waals surface area contributed by atoms with Gasteiger partial charge >= 0.3 is 5.97 Å². The van der Waals surface area contributed by atoms with Gasteiger partial charge in [-0.25, -0.2) is 0 Å². The maximum absolute atomic E-state index is 10.5. The standard InChI is InChI=1S/C20H20N2O2/c23-20(24)12-4-2-1-3-8-16-15-22(17-9-7-13-21-14-17)19-11-6-5-10-18(16)19/h3,5-11,13-15H,1-2,4,12H2,(H,23,24). The SMILES string of the molecule is O=C(O)CCCCC=Cc1cn(-c2cccnc2)c2ccccc12. The number of fused-ring (bicyclic) bond motifs is 1. The average Bonchev–Trinajstić information content (AvgIpc) is 2.97. The number of carbonyl (C=O) groups is 1. The summed E-state index contributed by atoms with van der Waals surface area (Å²) >= 11 is 0. The average molecular weight is 320 g/mol. The fourth-order valence-electron chi connectivity index (χ4n) is 2.80. The lowest BCUT2D eigenvalue weighted by atomic mass is 10.1. The van der Waals surface area contributed by atoms with Crippen LogP contribution in [-0.2, 0) is 4.79 Å². The van der Waals surface area contributed by atoms with E-state index < -0.39 is 5.97 Å². The number of aromatic nitrogens is 2. The third kappa shape index (κ3) is 3.71. The highest BCUT2D eigenvalue weighted by atomic mass is 16.4. The Morgan fingerprint density at radius 3 is 2.83 bits per heavy atom. The Labute approximate surface area is 141 Å². The second kappa shape index (κ2) is 7.59. The zero-order valence-electron chi connectivity index (χ0n) is 13.4. The molecule has 0 aliphatic carbocycles. The van der Waals surface area contributed by atoms with E-state index in [4.69, 9.17) is 5.11 Å². The summed E-state index contributed by atoms with van der Waals surface area (Å²) < 4.78 is 2.15. The molecule has 0 bridgehead atoms. The Morgan fingerprint density at radius 2 is 2.04 bits per heavy atom. The fraction of sp³-hybridized carbons (Fsp3) is 0.200. The number of carboxylic acid groups (broad SMARTS) is 1. The molecule has 0 fully saturated rings. The lowest BCUT2D eigenvalue weighted by molar-refractivity contribution is -0.137. The molecule has 0 radical (unpaired) electrons. The normalized spacial score (nSPS) is 11.3. The number of allylic oxidation sites excluding steroid dienone is 1. The predicted octanol–water partition coefficient (Wildman–Crippen LogP) is 4.68. The molecule has 2 heterocycles. The molecule has 0 saturated carbocycles. The summed E-state index contributed by atoms with van der Waals surface area (Å²) in [6, 6.07) is 12.3. The molecule has 0 aliphatic rings. The quantitative estimate of drug-likeness (QED) is 0.643. The van der Waals surface area contributed by atoms with Crippen molar-refractivity contribution < 1.29 is 9.90 Å². The first-order valence-corrected chi connectivity index (χ1v) is 8.14. The largest absolute Gasteiger partial charge is 0.481 e. The van der Waals surface area contributed by atoms with Gasteiger partial charge in [-0.2, -0.15) is 0 Å². The van der Waals surface area contributed by atoms with Crippen LogP contribution in [0.3, 0.4) is 0 Å². The van der Waals surface area contributed by atoms with Crippen molar-refractivity contribution in [3.05, 3.63) is 66.6 Å². The van der Waals surface area contributed by atoms with E-state index in [0.29, 0.717) is 0 Å². The molecule has 3 aromatic rings. The summed E-state index contributed by atoms with van der Waals surface area (Å²) in [5.74, 6) is -0.724. The topological polar surface area (TPSA) is 55.1 Å². The van der Waals surface area contributed by atoms with Gasteiger partial charge in [-0.1, -0.05) is 30.4 Å². The molecule has 122 valence electrons. The molecule has 0 spiro atoms. The van der Waals surface area contributed by atoms with Crippen LogP contribution >= 0.6 is 0 Å². The minimum Gasteiger partial charge on any atom is -0.481 e. The number of benzene rings is 1. The summed E-state index contributed by atoms with van der Waals surface area (Å²) in [6.45, 7) is 0. The van der Waals surface area contributed by atoms with Crippen LogP contribution in [0, 0.1) is 0 Å². The molecule has 0 amide bonds. The maximum Gasteiger partial charge on any atom is 0.303 e. The van der Waals surface area contributed by atoms with Crippen molar-refractivity contribution in [1.82, 2.24) is 9.55 Å². The third-order valence-corrected chi connectivity index (χ3v) is 3.98. The summed E-state index contributed by atoms with van der Waals surface area (Å²) in [6.07, 6.45) is 12.7. The molecule has 24 heavy (non-hydrogen) atoms. The second-order valence-electron chi connectivity index (χ2n) is 5.72. The van der Waals surface area contributed by atoms with E-state index >= 15 is 0 Å². The molecule has 1 N–H and O–H groups in total. The van der Waals surface area contributed by atoms with Crippen molar-refractivity contribution in [2.75, 3.05) is 0 Å². The van der Waals surface area contributed by atoms with Crippen LogP contribution in [0.25, 0.3) is 22.7 Å². The Kier molecular flexibility index (Phi) is 5.06. The lowest BCUT2D eigenvalue weighted by Gasteiger charge is -2.03. The Morgan fingerprint density at radius 1 is 1.17 bits per heavy atom. The molecular weight excluding hydrogens is 300 g/mol. The van der Waals surface area contributed by atoms with Crippen molar-refractivity contribution in [2.24, 2.45) is 0 Å². The number of unbranched alkanes of at least 4 members (excludes halogenated alkanes) is 2. The zero-order valence-corrected chi connectivity index (χ0v) is 13.4. The monoisotopic (exact) mass is 320 g/mol. The van der Waals surface area contributed by atoms with Crippen LogP contribution < -0.4 is 0 Å². The number of para-hydroxylation sites is 1. The van der Waals surface area contributed by atoms with Gasteiger partial charge in [0.2, 0.25) is 0 Å². The molecule has 4 nitrogen and oxygen atoms in total. The van der Waals surface area contributed by atoms with E-state index in [1.807, 2.05) is 30.5 Å². The number of carboxylic acids is 1. The number of aliphatic carboxylic acids is 1. The van der Waals surface area contributed by atoms with E-state index in [9.17, 15) is 4.79 Å². The van der Waals surface area contributed by atoms with Crippen LogP contribution in [0.1, 0.15) is 31.2 Å². The first-order valence-electron chi connectivity index (χ1n) is 8.14.